The highest BCUT2D eigenvalue weighted by atomic mass is 16.6. The smallest absolute Gasteiger partial charge is 0.406 e. The summed E-state index contributed by atoms with van der Waals surface area (Å²) in [5.41, 5.74) is 0.706. The van der Waals surface area contributed by atoms with Gasteiger partial charge in [0.1, 0.15) is 11.5 Å². The van der Waals surface area contributed by atoms with Gasteiger partial charge in [-0.15, -0.1) is 0 Å². The molecule has 0 atom stereocenters. The van der Waals surface area contributed by atoms with E-state index in [1.165, 1.54) is 6.33 Å². The zero-order chi connectivity index (χ0) is 16.2. The second-order valence-corrected chi connectivity index (χ2v) is 4.85. The monoisotopic (exact) mass is 310 g/mol. The number of aromatic nitrogens is 2. The van der Waals surface area contributed by atoms with E-state index in [1.807, 2.05) is 30.3 Å². The summed E-state index contributed by atoms with van der Waals surface area (Å²) in [6.07, 6.45) is 1.40. The molecule has 7 nitrogen and oxygen atoms in total. The standard InChI is InChI=1S/C16H14N4O3/c1-19-11-17-15(20(21)22)16(19)18-12-7-9-14(10-8-12)23-13-5-3-2-4-6-13/h2-11,18H,1H3. The van der Waals surface area contributed by atoms with Gasteiger partial charge in [-0.05, 0) is 46.3 Å². The van der Waals surface area contributed by atoms with Gasteiger partial charge in [0.2, 0.25) is 12.1 Å². The highest BCUT2D eigenvalue weighted by molar-refractivity contribution is 5.64. The third-order valence-electron chi connectivity index (χ3n) is 3.19. The van der Waals surface area contributed by atoms with Crippen LogP contribution in [0.1, 0.15) is 0 Å². The second kappa shape index (κ2) is 6.18. The van der Waals surface area contributed by atoms with Crippen molar-refractivity contribution < 1.29 is 9.66 Å². The number of hydrogen-bond acceptors (Lipinski definition) is 5. The molecule has 1 heterocycles. The highest BCUT2D eigenvalue weighted by Gasteiger charge is 2.19. The molecule has 3 aromatic rings. The lowest BCUT2D eigenvalue weighted by Gasteiger charge is -2.08. The first-order valence-corrected chi connectivity index (χ1v) is 6.89. The van der Waals surface area contributed by atoms with E-state index in [9.17, 15) is 10.1 Å². The van der Waals surface area contributed by atoms with E-state index in [2.05, 4.69) is 10.3 Å². The Balaban J connectivity index is 1.76. The summed E-state index contributed by atoms with van der Waals surface area (Å²) in [4.78, 5) is 14.2. The number of benzene rings is 2. The zero-order valence-electron chi connectivity index (χ0n) is 12.3. The molecular formula is C16H14N4O3. The average molecular weight is 310 g/mol. The van der Waals surface area contributed by atoms with Crippen molar-refractivity contribution in [1.29, 1.82) is 0 Å². The van der Waals surface area contributed by atoms with Gasteiger partial charge >= 0.3 is 5.82 Å². The van der Waals surface area contributed by atoms with Gasteiger partial charge in [0.05, 0.1) is 0 Å². The molecule has 2 aromatic carbocycles. The van der Waals surface area contributed by atoms with Crippen LogP contribution in [0.25, 0.3) is 0 Å². The van der Waals surface area contributed by atoms with Crippen molar-refractivity contribution in [3.05, 3.63) is 71.0 Å². The molecular weight excluding hydrogens is 296 g/mol. The Morgan fingerprint density at radius 2 is 1.74 bits per heavy atom. The highest BCUT2D eigenvalue weighted by Crippen LogP contribution is 2.27. The van der Waals surface area contributed by atoms with Crippen LogP contribution in [0, 0.1) is 10.1 Å². The van der Waals surface area contributed by atoms with E-state index in [-0.39, 0.29) is 5.82 Å². The van der Waals surface area contributed by atoms with E-state index in [1.54, 1.807) is 35.9 Å². The predicted octanol–water partition coefficient (Wildman–Crippen LogP) is 3.86. The number of nitrogens with zero attached hydrogens (tertiary/aromatic N) is 3. The Labute approximate surface area is 132 Å². The summed E-state index contributed by atoms with van der Waals surface area (Å²) in [6, 6.07) is 16.6. The van der Waals surface area contributed by atoms with E-state index in [4.69, 9.17) is 4.74 Å². The molecule has 0 bridgehead atoms. The third-order valence-corrected chi connectivity index (χ3v) is 3.19. The van der Waals surface area contributed by atoms with Crippen molar-refractivity contribution >= 4 is 17.3 Å². The van der Waals surface area contributed by atoms with E-state index < -0.39 is 4.92 Å². The molecule has 0 aliphatic heterocycles. The van der Waals surface area contributed by atoms with Crippen LogP contribution in [0.4, 0.5) is 17.3 Å². The number of nitro groups is 1. The van der Waals surface area contributed by atoms with Crippen LogP contribution in [-0.4, -0.2) is 14.5 Å². The number of hydrogen-bond donors (Lipinski definition) is 1. The van der Waals surface area contributed by atoms with Crippen LogP contribution in [-0.2, 0) is 7.05 Å². The fourth-order valence-electron chi connectivity index (χ4n) is 2.06. The molecule has 0 amide bonds. The molecule has 116 valence electrons. The molecule has 0 unspecified atom stereocenters. The lowest BCUT2D eigenvalue weighted by molar-refractivity contribution is -0.388. The topological polar surface area (TPSA) is 82.2 Å². The minimum Gasteiger partial charge on any atom is -0.457 e. The summed E-state index contributed by atoms with van der Waals surface area (Å²) in [5, 5.41) is 13.9. The van der Waals surface area contributed by atoms with Gasteiger partial charge in [0.15, 0.2) is 0 Å². The molecule has 0 spiro atoms. The number of ether oxygens (including phenoxy) is 1. The maximum absolute atomic E-state index is 11.0. The third kappa shape index (κ3) is 3.29. The molecule has 23 heavy (non-hydrogen) atoms. The zero-order valence-corrected chi connectivity index (χ0v) is 12.3. The van der Waals surface area contributed by atoms with Gasteiger partial charge in [-0.3, -0.25) is 4.57 Å². The fraction of sp³-hybridized carbons (Fsp3) is 0.0625. The number of anilines is 2. The number of nitrogens with one attached hydrogen (secondary N) is 1. The Kier molecular flexibility index (Phi) is 3.92. The largest absolute Gasteiger partial charge is 0.457 e. The molecule has 3 rings (SSSR count). The Bertz CT molecular complexity index is 813. The number of imidazole rings is 1. The van der Waals surface area contributed by atoms with Crippen molar-refractivity contribution in [2.75, 3.05) is 5.32 Å². The lowest BCUT2D eigenvalue weighted by Crippen LogP contribution is -2.00. The molecule has 0 fully saturated rings. The van der Waals surface area contributed by atoms with Crippen molar-refractivity contribution in [3.8, 4) is 11.5 Å². The normalized spacial score (nSPS) is 10.3. The van der Waals surface area contributed by atoms with Gasteiger partial charge in [-0.1, -0.05) is 18.2 Å². The van der Waals surface area contributed by atoms with Crippen LogP contribution in [0.3, 0.4) is 0 Å². The van der Waals surface area contributed by atoms with Gasteiger partial charge in [0.25, 0.3) is 0 Å². The van der Waals surface area contributed by atoms with Crippen molar-refractivity contribution in [3.63, 3.8) is 0 Å². The van der Waals surface area contributed by atoms with Gasteiger partial charge in [0, 0.05) is 12.7 Å². The molecule has 0 radical (unpaired) electrons. The molecule has 1 aromatic heterocycles. The van der Waals surface area contributed by atoms with Crippen molar-refractivity contribution in [2.45, 2.75) is 0 Å². The van der Waals surface area contributed by atoms with E-state index in [0.29, 0.717) is 17.3 Å². The maximum Gasteiger partial charge on any atom is 0.406 e. The molecule has 0 saturated carbocycles. The molecule has 7 heteroatoms. The van der Waals surface area contributed by atoms with E-state index in [0.717, 1.165) is 5.75 Å². The first-order chi connectivity index (χ1) is 11.1. The summed E-state index contributed by atoms with van der Waals surface area (Å²) in [5.74, 6) is 1.54. The molecule has 1 N–H and O–H groups in total. The first-order valence-electron chi connectivity index (χ1n) is 6.89. The summed E-state index contributed by atoms with van der Waals surface area (Å²) in [6.45, 7) is 0. The molecule has 0 saturated heterocycles. The van der Waals surface area contributed by atoms with Crippen LogP contribution < -0.4 is 10.1 Å². The Hall–Kier alpha value is -3.35. The SMILES string of the molecule is Cn1cnc([N+](=O)[O-])c1Nc1ccc(Oc2ccccc2)cc1. The minimum atomic E-state index is -0.519. The van der Waals surface area contributed by atoms with Gasteiger partial charge < -0.3 is 20.2 Å². The average Bonchev–Trinajstić information content (AvgIpc) is 2.91. The number of rotatable bonds is 5. The fourth-order valence-corrected chi connectivity index (χ4v) is 2.06. The van der Waals surface area contributed by atoms with Crippen LogP contribution in [0.15, 0.2) is 60.9 Å². The van der Waals surface area contributed by atoms with Crippen molar-refractivity contribution in [1.82, 2.24) is 9.55 Å². The molecule has 0 aliphatic rings. The lowest BCUT2D eigenvalue weighted by atomic mass is 10.3. The molecule has 0 aliphatic carbocycles. The van der Waals surface area contributed by atoms with Gasteiger partial charge in [-0.25, -0.2) is 0 Å². The van der Waals surface area contributed by atoms with Crippen LogP contribution in [0.2, 0.25) is 0 Å². The number of aryl methyl sites for hydroxylation is 1. The Morgan fingerprint density at radius 3 is 2.39 bits per heavy atom. The second-order valence-electron chi connectivity index (χ2n) is 4.85. The van der Waals surface area contributed by atoms with Crippen LogP contribution >= 0.6 is 0 Å². The van der Waals surface area contributed by atoms with Gasteiger partial charge in [-0.2, -0.15) is 0 Å². The van der Waals surface area contributed by atoms with Crippen molar-refractivity contribution in [2.24, 2.45) is 7.05 Å². The Morgan fingerprint density at radius 1 is 1.09 bits per heavy atom. The van der Waals surface area contributed by atoms with E-state index >= 15 is 0 Å². The minimum absolute atomic E-state index is 0.211. The van der Waals surface area contributed by atoms with Crippen LogP contribution in [0.5, 0.6) is 11.5 Å². The maximum atomic E-state index is 11.0. The summed E-state index contributed by atoms with van der Waals surface area (Å²) in [7, 11) is 1.69. The predicted molar refractivity (Wildman–Crippen MR) is 86.1 cm³/mol. The quantitative estimate of drug-likeness (QED) is 0.571. The number of para-hydroxylation sites is 1. The summed E-state index contributed by atoms with van der Waals surface area (Å²) >= 11 is 0. The first kappa shape index (κ1) is 14.6. The summed E-state index contributed by atoms with van der Waals surface area (Å²) < 4.78 is 7.26.